The smallest absolute Gasteiger partial charge is 0.255 e. The lowest BCUT2D eigenvalue weighted by atomic mass is 9.61. The summed E-state index contributed by atoms with van der Waals surface area (Å²) < 4.78 is 27.9. The fourth-order valence-electron chi connectivity index (χ4n) is 3.95. The third-order valence-electron chi connectivity index (χ3n) is 5.64. The number of hydrogen-bond donors (Lipinski definition) is 3. The van der Waals surface area contributed by atoms with Gasteiger partial charge in [-0.3, -0.25) is 9.59 Å². The molecule has 0 unspecified atom stereocenters. The monoisotopic (exact) mass is 470 g/mol. The highest BCUT2D eigenvalue weighted by Gasteiger charge is 2.61. The number of nitrogens with one attached hydrogen (secondary N) is 2. The van der Waals surface area contributed by atoms with Crippen molar-refractivity contribution in [3.63, 3.8) is 0 Å². The van der Waals surface area contributed by atoms with Crippen LogP contribution in [-0.2, 0) is 10.2 Å². The molecule has 1 aliphatic carbocycles. The fraction of sp³-hybridized carbons (Fsp3) is 0.208. The van der Waals surface area contributed by atoms with E-state index in [0.717, 1.165) is 5.56 Å². The van der Waals surface area contributed by atoms with E-state index in [0.29, 0.717) is 21.8 Å². The Labute approximate surface area is 194 Å². The molecule has 4 N–H and O–H groups in total. The van der Waals surface area contributed by atoms with Crippen LogP contribution in [0.15, 0.2) is 60.8 Å². The van der Waals surface area contributed by atoms with Gasteiger partial charge in [0.2, 0.25) is 5.91 Å². The number of carbonyl (C=O) groups excluding carboxylic acids is 2. The number of pyridine rings is 1. The van der Waals surface area contributed by atoms with E-state index in [4.69, 9.17) is 17.3 Å². The number of nitrogens with two attached hydrogens (primary N) is 1. The summed E-state index contributed by atoms with van der Waals surface area (Å²) in [6.45, 7) is 1.78. The van der Waals surface area contributed by atoms with Gasteiger partial charge in [0.25, 0.3) is 11.8 Å². The summed E-state index contributed by atoms with van der Waals surface area (Å²) in [5, 5.41) is 5.82. The summed E-state index contributed by atoms with van der Waals surface area (Å²) in [5.41, 5.74) is 6.72. The molecule has 0 aliphatic heterocycles. The van der Waals surface area contributed by atoms with Crippen molar-refractivity contribution in [3.8, 4) is 0 Å². The highest BCUT2D eigenvalue weighted by Crippen LogP contribution is 2.54. The van der Waals surface area contributed by atoms with Gasteiger partial charge < -0.3 is 16.4 Å². The average molecular weight is 471 g/mol. The van der Waals surface area contributed by atoms with Gasteiger partial charge in [0.05, 0.1) is 11.1 Å². The first-order valence-electron chi connectivity index (χ1n) is 10.2. The van der Waals surface area contributed by atoms with Crippen LogP contribution >= 0.6 is 11.6 Å². The molecule has 2 aromatic carbocycles. The SMILES string of the molecule is Cc1cnc(N)c(NC(=O)C2(c3ccc(NC(=O)c4cccc(Cl)c4)cc3)CC(F)(F)C2)c1. The lowest BCUT2D eigenvalue weighted by Crippen LogP contribution is -2.56. The number of benzene rings is 2. The van der Waals surface area contributed by atoms with E-state index < -0.39 is 30.1 Å². The van der Waals surface area contributed by atoms with Crippen molar-refractivity contribution < 1.29 is 18.4 Å². The maximum atomic E-state index is 13.9. The number of anilines is 3. The van der Waals surface area contributed by atoms with Crippen LogP contribution in [0, 0.1) is 6.92 Å². The van der Waals surface area contributed by atoms with Crippen molar-refractivity contribution in [1.29, 1.82) is 0 Å². The van der Waals surface area contributed by atoms with Gasteiger partial charge >= 0.3 is 0 Å². The van der Waals surface area contributed by atoms with E-state index in [1.165, 1.54) is 6.07 Å². The van der Waals surface area contributed by atoms with E-state index in [-0.39, 0.29) is 17.4 Å². The number of rotatable bonds is 5. The van der Waals surface area contributed by atoms with Gasteiger partial charge in [0, 0.05) is 35.3 Å². The Kier molecular flexibility index (Phi) is 5.80. The number of amides is 2. The van der Waals surface area contributed by atoms with Crippen molar-refractivity contribution in [2.45, 2.75) is 31.1 Å². The molecule has 0 radical (unpaired) electrons. The molecular formula is C24H21ClF2N4O2. The molecule has 2 amide bonds. The van der Waals surface area contributed by atoms with E-state index in [9.17, 15) is 18.4 Å². The first-order valence-corrected chi connectivity index (χ1v) is 10.5. The summed E-state index contributed by atoms with van der Waals surface area (Å²) in [7, 11) is 0. The molecular weight excluding hydrogens is 450 g/mol. The van der Waals surface area contributed by atoms with Gasteiger partial charge in [-0.15, -0.1) is 0 Å². The zero-order valence-corrected chi connectivity index (χ0v) is 18.4. The summed E-state index contributed by atoms with van der Waals surface area (Å²) in [4.78, 5) is 29.6. The van der Waals surface area contributed by atoms with Gasteiger partial charge in [-0.05, 0) is 54.4 Å². The molecule has 0 atom stereocenters. The van der Waals surface area contributed by atoms with Crippen LogP contribution in [-0.4, -0.2) is 22.7 Å². The van der Waals surface area contributed by atoms with Crippen LogP contribution in [0.25, 0.3) is 0 Å². The highest BCUT2D eigenvalue weighted by atomic mass is 35.5. The molecule has 1 saturated carbocycles. The van der Waals surface area contributed by atoms with Crippen molar-refractivity contribution in [2.75, 3.05) is 16.4 Å². The van der Waals surface area contributed by atoms with Crippen LogP contribution < -0.4 is 16.4 Å². The second-order valence-corrected chi connectivity index (χ2v) is 8.67. The molecule has 1 aromatic heterocycles. The Hall–Kier alpha value is -3.52. The molecule has 170 valence electrons. The van der Waals surface area contributed by atoms with Crippen LogP contribution in [0.4, 0.5) is 26.0 Å². The number of nitrogens with zero attached hydrogens (tertiary/aromatic N) is 1. The van der Waals surface area contributed by atoms with Crippen molar-refractivity contribution in [1.82, 2.24) is 4.98 Å². The predicted octanol–water partition coefficient (Wildman–Crippen LogP) is 5.18. The number of aryl methyl sites for hydroxylation is 1. The summed E-state index contributed by atoms with van der Waals surface area (Å²) in [5.74, 6) is -3.79. The van der Waals surface area contributed by atoms with Crippen molar-refractivity contribution in [3.05, 3.63) is 82.5 Å². The van der Waals surface area contributed by atoms with E-state index in [2.05, 4.69) is 15.6 Å². The Bertz CT molecular complexity index is 1220. The number of halogens is 3. The Morgan fingerprint density at radius 3 is 2.39 bits per heavy atom. The summed E-state index contributed by atoms with van der Waals surface area (Å²) >= 11 is 5.92. The molecule has 4 rings (SSSR count). The lowest BCUT2D eigenvalue weighted by molar-refractivity contribution is -0.154. The minimum absolute atomic E-state index is 0.106. The molecule has 1 aliphatic rings. The maximum Gasteiger partial charge on any atom is 0.255 e. The highest BCUT2D eigenvalue weighted by molar-refractivity contribution is 6.31. The quantitative estimate of drug-likeness (QED) is 0.478. The third-order valence-corrected chi connectivity index (χ3v) is 5.88. The predicted molar refractivity (Wildman–Crippen MR) is 124 cm³/mol. The Morgan fingerprint density at radius 2 is 1.76 bits per heavy atom. The molecule has 0 spiro atoms. The van der Waals surface area contributed by atoms with Gasteiger partial charge in [0.1, 0.15) is 5.82 Å². The normalized spacial score (nSPS) is 15.9. The van der Waals surface area contributed by atoms with E-state index >= 15 is 0 Å². The summed E-state index contributed by atoms with van der Waals surface area (Å²) in [6, 6.07) is 14.4. The number of alkyl halides is 2. The van der Waals surface area contributed by atoms with Crippen molar-refractivity contribution in [2.24, 2.45) is 0 Å². The number of nitrogen functional groups attached to an aromatic ring is 1. The molecule has 1 heterocycles. The van der Waals surface area contributed by atoms with Gasteiger partial charge in [0.15, 0.2) is 0 Å². The zero-order valence-electron chi connectivity index (χ0n) is 17.7. The minimum atomic E-state index is -2.95. The van der Waals surface area contributed by atoms with Crippen LogP contribution in [0.3, 0.4) is 0 Å². The van der Waals surface area contributed by atoms with Crippen LogP contribution in [0.1, 0.15) is 34.3 Å². The molecule has 0 saturated heterocycles. The van der Waals surface area contributed by atoms with Gasteiger partial charge in [-0.2, -0.15) is 0 Å². The second-order valence-electron chi connectivity index (χ2n) is 8.23. The van der Waals surface area contributed by atoms with E-state index in [1.54, 1.807) is 61.7 Å². The first kappa shape index (κ1) is 22.7. The van der Waals surface area contributed by atoms with Gasteiger partial charge in [-0.25, -0.2) is 13.8 Å². The molecule has 6 nitrogen and oxygen atoms in total. The molecule has 0 bridgehead atoms. The molecule has 3 aromatic rings. The van der Waals surface area contributed by atoms with Crippen LogP contribution in [0.2, 0.25) is 5.02 Å². The standard InChI is InChI=1S/C24H21ClF2N4O2/c1-14-9-19(20(28)29-11-14)31-22(33)23(12-24(26,27)13-23)16-5-7-18(8-6-16)30-21(32)15-3-2-4-17(25)10-15/h2-11H,12-13H2,1H3,(H2,28,29)(H,30,32)(H,31,33). The Morgan fingerprint density at radius 1 is 1.06 bits per heavy atom. The molecule has 33 heavy (non-hydrogen) atoms. The van der Waals surface area contributed by atoms with Crippen LogP contribution in [0.5, 0.6) is 0 Å². The molecule has 1 fully saturated rings. The minimum Gasteiger partial charge on any atom is -0.382 e. The maximum absolute atomic E-state index is 13.9. The lowest BCUT2D eigenvalue weighted by Gasteiger charge is -2.46. The van der Waals surface area contributed by atoms with E-state index in [1.807, 2.05) is 0 Å². The zero-order chi connectivity index (χ0) is 23.8. The third kappa shape index (κ3) is 4.66. The Balaban J connectivity index is 1.56. The average Bonchev–Trinajstić information content (AvgIpc) is 2.74. The number of hydrogen-bond acceptors (Lipinski definition) is 4. The number of aromatic nitrogens is 1. The number of carbonyl (C=O) groups is 2. The summed E-state index contributed by atoms with van der Waals surface area (Å²) in [6.07, 6.45) is 0.299. The van der Waals surface area contributed by atoms with Gasteiger partial charge in [-0.1, -0.05) is 29.8 Å². The largest absolute Gasteiger partial charge is 0.382 e. The second kappa shape index (κ2) is 8.44. The first-order chi connectivity index (χ1) is 15.6. The topological polar surface area (TPSA) is 97.1 Å². The molecule has 9 heteroatoms. The van der Waals surface area contributed by atoms with Crippen molar-refractivity contribution >= 4 is 40.6 Å². The fourth-order valence-corrected chi connectivity index (χ4v) is 4.14.